The molecule has 0 aliphatic carbocycles. The number of nitrogens with zero attached hydrogens (tertiary/aromatic N) is 1. The number of benzene rings is 1. The molecule has 4 nitrogen and oxygen atoms in total. The van der Waals surface area contributed by atoms with E-state index >= 15 is 0 Å². The van der Waals surface area contributed by atoms with Gasteiger partial charge in [0, 0.05) is 18.4 Å². The van der Waals surface area contributed by atoms with Crippen molar-refractivity contribution in [3.8, 4) is 0 Å². The highest BCUT2D eigenvalue weighted by molar-refractivity contribution is 6.08. The molecule has 1 aromatic heterocycles. The van der Waals surface area contributed by atoms with Crippen LogP contribution in [0.5, 0.6) is 0 Å². The van der Waals surface area contributed by atoms with Crippen LogP contribution >= 0.6 is 0 Å². The maximum absolute atomic E-state index is 12.5. The largest absolute Gasteiger partial charge is 0.384 e. The van der Waals surface area contributed by atoms with Gasteiger partial charge in [-0.05, 0) is 44.0 Å². The summed E-state index contributed by atoms with van der Waals surface area (Å²) in [6, 6.07) is 9.62. The van der Waals surface area contributed by atoms with Crippen molar-refractivity contribution >= 4 is 17.4 Å². The molecule has 0 fully saturated rings. The van der Waals surface area contributed by atoms with Crippen LogP contribution in [0.2, 0.25) is 0 Å². The van der Waals surface area contributed by atoms with E-state index in [0.29, 0.717) is 11.4 Å². The number of rotatable bonds is 5. The number of nitrogens with one attached hydrogen (secondary N) is 2. The molecule has 0 unspecified atom stereocenters. The molecule has 110 valence electrons. The van der Waals surface area contributed by atoms with Crippen molar-refractivity contribution in [2.24, 2.45) is 0 Å². The predicted octanol–water partition coefficient (Wildman–Crippen LogP) is 3.77. The zero-order valence-corrected chi connectivity index (χ0v) is 12.7. The molecule has 2 N–H and O–H groups in total. The van der Waals surface area contributed by atoms with Gasteiger partial charge in [-0.15, -0.1) is 0 Å². The van der Waals surface area contributed by atoms with Crippen LogP contribution in [0.4, 0.5) is 11.5 Å². The van der Waals surface area contributed by atoms with Crippen molar-refractivity contribution in [1.29, 1.82) is 0 Å². The minimum absolute atomic E-state index is 0.140. The number of carbonyl (C=O) groups is 1. The standard InChI is InChI=1S/C17H21N3O/c1-4-9-18-15-8-7-12(2)11-14(15)17(21)20-16-13(3)6-5-10-19-16/h5-8,10-11,18H,4,9H2,1-3H3,(H,19,20,21). The zero-order chi connectivity index (χ0) is 15.2. The summed E-state index contributed by atoms with van der Waals surface area (Å²) in [4.78, 5) is 16.7. The number of aryl methyl sites for hydroxylation is 2. The Labute approximate surface area is 125 Å². The Morgan fingerprint density at radius 3 is 2.76 bits per heavy atom. The van der Waals surface area contributed by atoms with E-state index in [2.05, 4.69) is 22.5 Å². The highest BCUT2D eigenvalue weighted by Gasteiger charge is 2.13. The highest BCUT2D eigenvalue weighted by atomic mass is 16.1. The van der Waals surface area contributed by atoms with E-state index in [1.807, 2.05) is 44.2 Å². The molecule has 0 bridgehead atoms. The molecule has 0 spiro atoms. The summed E-state index contributed by atoms with van der Waals surface area (Å²) in [5, 5.41) is 6.17. The summed E-state index contributed by atoms with van der Waals surface area (Å²) in [7, 11) is 0. The first-order valence-corrected chi connectivity index (χ1v) is 7.19. The SMILES string of the molecule is CCCNc1ccc(C)cc1C(=O)Nc1ncccc1C. The number of carbonyl (C=O) groups excluding carboxylic acids is 1. The second-order valence-electron chi connectivity index (χ2n) is 5.10. The first-order chi connectivity index (χ1) is 10.1. The van der Waals surface area contributed by atoms with Crippen LogP contribution in [0.25, 0.3) is 0 Å². The lowest BCUT2D eigenvalue weighted by Crippen LogP contribution is -2.16. The van der Waals surface area contributed by atoms with E-state index in [0.717, 1.165) is 29.8 Å². The van der Waals surface area contributed by atoms with Crippen LogP contribution in [0.15, 0.2) is 36.5 Å². The van der Waals surface area contributed by atoms with Crippen LogP contribution in [0.3, 0.4) is 0 Å². The first kappa shape index (κ1) is 15.0. The number of hydrogen-bond acceptors (Lipinski definition) is 3. The van der Waals surface area contributed by atoms with Crippen LogP contribution in [0, 0.1) is 13.8 Å². The third-order valence-corrected chi connectivity index (χ3v) is 3.23. The number of hydrogen-bond donors (Lipinski definition) is 2. The van der Waals surface area contributed by atoms with Gasteiger partial charge < -0.3 is 10.6 Å². The van der Waals surface area contributed by atoms with Crippen molar-refractivity contribution in [2.75, 3.05) is 17.2 Å². The topological polar surface area (TPSA) is 54.0 Å². The molecule has 1 aromatic carbocycles. The normalized spacial score (nSPS) is 10.2. The van der Waals surface area contributed by atoms with E-state index in [-0.39, 0.29) is 5.91 Å². The van der Waals surface area contributed by atoms with Gasteiger partial charge in [-0.1, -0.05) is 24.6 Å². The Hall–Kier alpha value is -2.36. The molecule has 1 heterocycles. The summed E-state index contributed by atoms with van der Waals surface area (Å²) in [6.07, 6.45) is 2.68. The van der Waals surface area contributed by atoms with Crippen molar-refractivity contribution in [3.63, 3.8) is 0 Å². The highest BCUT2D eigenvalue weighted by Crippen LogP contribution is 2.20. The molecule has 2 aromatic rings. The van der Waals surface area contributed by atoms with Crippen LogP contribution in [0.1, 0.15) is 34.8 Å². The van der Waals surface area contributed by atoms with Crippen molar-refractivity contribution in [2.45, 2.75) is 27.2 Å². The third kappa shape index (κ3) is 3.81. The van der Waals surface area contributed by atoms with Gasteiger partial charge in [0.25, 0.3) is 5.91 Å². The van der Waals surface area contributed by atoms with Gasteiger partial charge in [-0.25, -0.2) is 4.98 Å². The van der Waals surface area contributed by atoms with Crippen molar-refractivity contribution < 1.29 is 4.79 Å². The van der Waals surface area contributed by atoms with Gasteiger partial charge in [0.15, 0.2) is 0 Å². The van der Waals surface area contributed by atoms with Crippen molar-refractivity contribution in [3.05, 3.63) is 53.2 Å². The molecule has 2 rings (SSSR count). The van der Waals surface area contributed by atoms with Gasteiger partial charge in [-0.3, -0.25) is 4.79 Å². The van der Waals surface area contributed by atoms with Crippen LogP contribution in [-0.4, -0.2) is 17.4 Å². The number of anilines is 2. The first-order valence-electron chi connectivity index (χ1n) is 7.19. The molecule has 0 atom stereocenters. The Morgan fingerprint density at radius 2 is 2.05 bits per heavy atom. The predicted molar refractivity (Wildman–Crippen MR) is 86.9 cm³/mol. The Kier molecular flexibility index (Phi) is 4.93. The molecule has 0 saturated heterocycles. The molecule has 0 radical (unpaired) electrons. The van der Waals surface area contributed by atoms with E-state index < -0.39 is 0 Å². The van der Waals surface area contributed by atoms with Crippen LogP contribution < -0.4 is 10.6 Å². The fraction of sp³-hybridized carbons (Fsp3) is 0.294. The smallest absolute Gasteiger partial charge is 0.258 e. The average Bonchev–Trinajstić information content (AvgIpc) is 2.48. The maximum Gasteiger partial charge on any atom is 0.258 e. The fourth-order valence-corrected chi connectivity index (χ4v) is 2.05. The summed E-state index contributed by atoms with van der Waals surface area (Å²) < 4.78 is 0. The van der Waals surface area contributed by atoms with Gasteiger partial charge in [0.1, 0.15) is 5.82 Å². The lowest BCUT2D eigenvalue weighted by atomic mass is 10.1. The minimum atomic E-state index is -0.140. The molecule has 4 heteroatoms. The van der Waals surface area contributed by atoms with E-state index in [4.69, 9.17) is 0 Å². The Morgan fingerprint density at radius 1 is 1.24 bits per heavy atom. The molecular weight excluding hydrogens is 262 g/mol. The number of pyridine rings is 1. The van der Waals surface area contributed by atoms with Gasteiger partial charge in [0.2, 0.25) is 0 Å². The quantitative estimate of drug-likeness (QED) is 0.878. The summed E-state index contributed by atoms with van der Waals surface area (Å²) in [5.41, 5.74) is 3.50. The Balaban J connectivity index is 2.25. The Bertz CT molecular complexity index is 638. The van der Waals surface area contributed by atoms with Gasteiger partial charge in [-0.2, -0.15) is 0 Å². The van der Waals surface area contributed by atoms with Gasteiger partial charge in [0.05, 0.1) is 5.56 Å². The average molecular weight is 283 g/mol. The molecule has 0 aliphatic rings. The molecule has 0 aliphatic heterocycles. The second kappa shape index (κ2) is 6.88. The van der Waals surface area contributed by atoms with Gasteiger partial charge >= 0.3 is 0 Å². The summed E-state index contributed by atoms with van der Waals surface area (Å²) in [6.45, 7) is 6.84. The number of aromatic nitrogens is 1. The molecule has 21 heavy (non-hydrogen) atoms. The van der Waals surface area contributed by atoms with E-state index in [1.54, 1.807) is 6.20 Å². The molecule has 1 amide bonds. The van der Waals surface area contributed by atoms with Crippen LogP contribution in [-0.2, 0) is 0 Å². The monoisotopic (exact) mass is 283 g/mol. The van der Waals surface area contributed by atoms with Crippen molar-refractivity contribution in [1.82, 2.24) is 4.98 Å². The lowest BCUT2D eigenvalue weighted by molar-refractivity contribution is 0.102. The number of amides is 1. The lowest BCUT2D eigenvalue weighted by Gasteiger charge is -2.13. The second-order valence-corrected chi connectivity index (χ2v) is 5.10. The molecular formula is C17H21N3O. The van der Waals surface area contributed by atoms with E-state index in [9.17, 15) is 4.79 Å². The fourth-order valence-electron chi connectivity index (χ4n) is 2.05. The summed E-state index contributed by atoms with van der Waals surface area (Å²) in [5.74, 6) is 0.463. The molecule has 0 saturated carbocycles. The maximum atomic E-state index is 12.5. The zero-order valence-electron chi connectivity index (χ0n) is 12.7. The third-order valence-electron chi connectivity index (χ3n) is 3.23. The minimum Gasteiger partial charge on any atom is -0.384 e. The van der Waals surface area contributed by atoms with E-state index in [1.165, 1.54) is 0 Å². The summed E-state index contributed by atoms with van der Waals surface area (Å²) >= 11 is 0.